The van der Waals surface area contributed by atoms with Gasteiger partial charge in [0, 0.05) is 12.6 Å². The van der Waals surface area contributed by atoms with Gasteiger partial charge in [-0.25, -0.2) is 4.68 Å². The summed E-state index contributed by atoms with van der Waals surface area (Å²) in [6, 6.07) is 9.70. The molecule has 3 heterocycles. The number of rotatable bonds is 5. The van der Waals surface area contributed by atoms with Gasteiger partial charge < -0.3 is 14.2 Å². The third-order valence-electron chi connectivity index (χ3n) is 3.05. The number of nitrogens with zero attached hydrogens (tertiary/aromatic N) is 2. The molecule has 0 fully saturated rings. The molecule has 0 spiro atoms. The Hall–Kier alpha value is -2.61. The average Bonchev–Trinajstić information content (AvgIpc) is 3.20. The minimum Gasteiger partial charge on any atom is -0.463 e. The van der Waals surface area contributed by atoms with Gasteiger partial charge in [-0.05, 0) is 46.3 Å². The Morgan fingerprint density at radius 2 is 2.13 bits per heavy atom. The number of furan rings is 2. The molecule has 0 aliphatic carbocycles. The molecular weight excluding hydrogens is 366 g/mol. The molecule has 23 heavy (non-hydrogen) atoms. The van der Waals surface area contributed by atoms with Crippen molar-refractivity contribution in [2.45, 2.75) is 6.54 Å². The zero-order valence-electron chi connectivity index (χ0n) is 11.9. The van der Waals surface area contributed by atoms with Gasteiger partial charge >= 0.3 is 0 Å². The lowest BCUT2D eigenvalue weighted by molar-refractivity contribution is 0.0922. The molecule has 1 N–H and O–H groups in total. The standard InChI is InChI=1S/C15H12BrN3O4/c16-13-5-4-12(23-13)15(21)17-7-8-19-14(20)6-3-10(18-19)11-2-1-9-22-11/h1-6,9H,7-8H2,(H,17,21). The van der Waals surface area contributed by atoms with Crippen LogP contribution >= 0.6 is 15.9 Å². The summed E-state index contributed by atoms with van der Waals surface area (Å²) >= 11 is 3.13. The van der Waals surface area contributed by atoms with E-state index in [2.05, 4.69) is 26.3 Å². The first-order valence-electron chi connectivity index (χ1n) is 6.79. The Balaban J connectivity index is 1.65. The summed E-state index contributed by atoms with van der Waals surface area (Å²) in [7, 11) is 0. The van der Waals surface area contributed by atoms with Crippen molar-refractivity contribution in [2.75, 3.05) is 6.54 Å². The van der Waals surface area contributed by atoms with Crippen LogP contribution in [0.25, 0.3) is 11.5 Å². The minimum absolute atomic E-state index is 0.196. The summed E-state index contributed by atoms with van der Waals surface area (Å²) < 4.78 is 12.2. The molecule has 3 aromatic rings. The first-order chi connectivity index (χ1) is 11.1. The van der Waals surface area contributed by atoms with Gasteiger partial charge in [0.1, 0.15) is 5.69 Å². The average molecular weight is 378 g/mol. The molecule has 118 valence electrons. The summed E-state index contributed by atoms with van der Waals surface area (Å²) in [5.74, 6) is 0.413. The van der Waals surface area contributed by atoms with Crippen LogP contribution in [0.5, 0.6) is 0 Å². The van der Waals surface area contributed by atoms with Crippen LogP contribution in [0.3, 0.4) is 0 Å². The van der Waals surface area contributed by atoms with Gasteiger partial charge in [0.2, 0.25) is 0 Å². The molecule has 0 unspecified atom stereocenters. The van der Waals surface area contributed by atoms with E-state index in [4.69, 9.17) is 8.83 Å². The van der Waals surface area contributed by atoms with Crippen molar-refractivity contribution in [3.63, 3.8) is 0 Å². The van der Waals surface area contributed by atoms with E-state index in [0.29, 0.717) is 16.1 Å². The fraction of sp³-hybridized carbons (Fsp3) is 0.133. The SMILES string of the molecule is O=C(NCCn1nc(-c2ccco2)ccc1=O)c1ccc(Br)o1. The van der Waals surface area contributed by atoms with Gasteiger partial charge in [-0.2, -0.15) is 5.10 Å². The van der Waals surface area contributed by atoms with Crippen molar-refractivity contribution in [1.82, 2.24) is 15.1 Å². The second kappa shape index (κ2) is 6.66. The number of carbonyl (C=O) groups excluding carboxylic acids is 1. The highest BCUT2D eigenvalue weighted by atomic mass is 79.9. The number of amides is 1. The number of nitrogens with one attached hydrogen (secondary N) is 1. The van der Waals surface area contributed by atoms with Gasteiger partial charge in [0.15, 0.2) is 16.2 Å². The fourth-order valence-corrected chi connectivity index (χ4v) is 2.27. The van der Waals surface area contributed by atoms with E-state index >= 15 is 0 Å². The first-order valence-corrected chi connectivity index (χ1v) is 7.58. The Morgan fingerprint density at radius 1 is 1.26 bits per heavy atom. The summed E-state index contributed by atoms with van der Waals surface area (Å²) in [4.78, 5) is 23.7. The topological polar surface area (TPSA) is 90.3 Å². The Labute approximate surface area is 139 Å². The van der Waals surface area contributed by atoms with Crippen molar-refractivity contribution in [3.8, 4) is 11.5 Å². The third kappa shape index (κ3) is 3.59. The van der Waals surface area contributed by atoms with E-state index in [-0.39, 0.29) is 30.3 Å². The molecule has 7 nitrogen and oxygen atoms in total. The minimum atomic E-state index is -0.356. The molecule has 0 aliphatic rings. The summed E-state index contributed by atoms with van der Waals surface area (Å²) in [6.45, 7) is 0.479. The molecule has 3 rings (SSSR count). The summed E-state index contributed by atoms with van der Waals surface area (Å²) in [6.07, 6.45) is 1.54. The smallest absolute Gasteiger partial charge is 0.287 e. The van der Waals surface area contributed by atoms with Crippen LogP contribution in [-0.4, -0.2) is 22.2 Å². The molecule has 8 heteroatoms. The number of halogens is 1. The lowest BCUT2D eigenvalue weighted by Crippen LogP contribution is -2.31. The highest BCUT2D eigenvalue weighted by Crippen LogP contribution is 2.15. The van der Waals surface area contributed by atoms with Gasteiger partial charge in [0.05, 0.1) is 12.8 Å². The zero-order valence-corrected chi connectivity index (χ0v) is 13.4. The van der Waals surface area contributed by atoms with Gasteiger partial charge in [-0.3, -0.25) is 9.59 Å². The van der Waals surface area contributed by atoms with E-state index < -0.39 is 0 Å². The van der Waals surface area contributed by atoms with Crippen LogP contribution in [0.2, 0.25) is 0 Å². The first kappa shape index (κ1) is 15.3. The fourth-order valence-electron chi connectivity index (χ4n) is 1.96. The van der Waals surface area contributed by atoms with Crippen LogP contribution in [0.15, 0.2) is 61.0 Å². The van der Waals surface area contributed by atoms with Crippen molar-refractivity contribution in [1.29, 1.82) is 0 Å². The van der Waals surface area contributed by atoms with Crippen molar-refractivity contribution in [3.05, 3.63) is 63.4 Å². The molecule has 3 aromatic heterocycles. The molecule has 0 aliphatic heterocycles. The molecule has 0 saturated heterocycles. The predicted molar refractivity (Wildman–Crippen MR) is 84.9 cm³/mol. The maximum absolute atomic E-state index is 11.8. The highest BCUT2D eigenvalue weighted by Gasteiger charge is 2.10. The molecule has 1 amide bonds. The lowest BCUT2D eigenvalue weighted by Gasteiger charge is -2.06. The maximum atomic E-state index is 11.8. The third-order valence-corrected chi connectivity index (χ3v) is 3.47. The van der Waals surface area contributed by atoms with Gasteiger partial charge in [0.25, 0.3) is 11.5 Å². The molecule has 0 aromatic carbocycles. The van der Waals surface area contributed by atoms with E-state index in [0.717, 1.165) is 0 Å². The van der Waals surface area contributed by atoms with E-state index in [1.165, 1.54) is 17.0 Å². The molecule has 0 bridgehead atoms. The second-order valence-electron chi connectivity index (χ2n) is 4.62. The lowest BCUT2D eigenvalue weighted by atomic mass is 10.3. The molecular formula is C15H12BrN3O4. The molecule has 0 atom stereocenters. The maximum Gasteiger partial charge on any atom is 0.287 e. The number of hydrogen-bond acceptors (Lipinski definition) is 5. The Morgan fingerprint density at radius 3 is 2.83 bits per heavy atom. The monoisotopic (exact) mass is 377 g/mol. The van der Waals surface area contributed by atoms with Gasteiger partial charge in [-0.15, -0.1) is 0 Å². The zero-order chi connectivity index (χ0) is 16.2. The van der Waals surface area contributed by atoms with Crippen LogP contribution in [0.4, 0.5) is 0 Å². The van der Waals surface area contributed by atoms with Crippen LogP contribution in [-0.2, 0) is 6.54 Å². The second-order valence-corrected chi connectivity index (χ2v) is 5.40. The molecule has 0 saturated carbocycles. The number of hydrogen-bond donors (Lipinski definition) is 1. The van der Waals surface area contributed by atoms with Crippen LogP contribution < -0.4 is 10.9 Å². The van der Waals surface area contributed by atoms with Crippen molar-refractivity contribution in [2.24, 2.45) is 0 Å². The Kier molecular flexibility index (Phi) is 4.42. The largest absolute Gasteiger partial charge is 0.463 e. The van der Waals surface area contributed by atoms with Crippen LogP contribution in [0, 0.1) is 0 Å². The number of aromatic nitrogens is 2. The van der Waals surface area contributed by atoms with E-state index in [1.54, 1.807) is 30.3 Å². The van der Waals surface area contributed by atoms with Crippen molar-refractivity contribution < 1.29 is 13.6 Å². The van der Waals surface area contributed by atoms with Gasteiger partial charge in [-0.1, -0.05) is 0 Å². The molecule has 0 radical (unpaired) electrons. The Bertz CT molecular complexity index is 867. The van der Waals surface area contributed by atoms with Crippen molar-refractivity contribution >= 4 is 21.8 Å². The summed E-state index contributed by atoms with van der Waals surface area (Å²) in [5.41, 5.74) is 0.297. The van der Waals surface area contributed by atoms with E-state index in [1.807, 2.05) is 0 Å². The number of carbonyl (C=O) groups is 1. The normalized spacial score (nSPS) is 10.7. The van der Waals surface area contributed by atoms with E-state index in [9.17, 15) is 9.59 Å². The predicted octanol–water partition coefficient (Wildman–Crippen LogP) is 2.29. The van der Waals surface area contributed by atoms with Crippen LogP contribution in [0.1, 0.15) is 10.6 Å². The highest BCUT2D eigenvalue weighted by molar-refractivity contribution is 9.10. The quantitative estimate of drug-likeness (QED) is 0.736. The summed E-state index contributed by atoms with van der Waals surface area (Å²) in [5, 5.41) is 6.88.